The molecular formula is C113H103N3O2S3. The number of nitrogens with zero attached hydrogens (tertiary/aromatic N) is 3. The number of anilines is 3. The molecule has 14 aromatic carbocycles. The fourth-order valence-electron chi connectivity index (χ4n) is 20.3. The van der Waals surface area contributed by atoms with Crippen LogP contribution in [0.3, 0.4) is 0 Å². The van der Waals surface area contributed by atoms with Gasteiger partial charge >= 0.3 is 5.97 Å². The molecule has 19 rings (SSSR count). The minimum Gasteiger partial charge on any atom is -0.478 e. The minimum absolute atomic E-state index is 0.236. The molecule has 0 unspecified atom stereocenters. The van der Waals surface area contributed by atoms with Crippen LogP contribution in [0.1, 0.15) is 230 Å². The van der Waals surface area contributed by atoms with Gasteiger partial charge in [0.15, 0.2) is 0 Å². The number of fused-ring (bicyclic) bond motifs is 12. The second kappa shape index (κ2) is 34.1. The van der Waals surface area contributed by atoms with Gasteiger partial charge in [0.1, 0.15) is 11.0 Å². The summed E-state index contributed by atoms with van der Waals surface area (Å²) in [6.45, 7) is 13.6. The molecule has 0 radical (unpaired) electrons. The molecule has 0 aliphatic heterocycles. The number of thiophene rings is 2. The summed E-state index contributed by atoms with van der Waals surface area (Å²) in [6.07, 6.45) is 23.4. The van der Waals surface area contributed by atoms with E-state index in [0.29, 0.717) is 0 Å². The molecule has 600 valence electrons. The third-order valence-electron chi connectivity index (χ3n) is 26.4. The Hall–Kier alpha value is -11.6. The summed E-state index contributed by atoms with van der Waals surface area (Å²) in [4.78, 5) is 17.2. The van der Waals surface area contributed by atoms with Crippen molar-refractivity contribution in [2.45, 2.75) is 181 Å². The SMILES string of the molecule is CCCCCCc1ccc(C2(c3ccc(CCCCCC)cc3)c3c(sc4c5c(sc34)-c3c4ccccc4c(N(c4ccc(C)cc4)c4ccc(C)cc4)c4cccc(c34)C5(c3ccc(CCCCCC)cc3)c3ccc(CCCCCC)cc3)-c3c4ccccc4c(C#Cc4ccc(-c5ccc(C(=O)O)cc5)c5nsnc45)c4cccc2c34)cc1. The highest BCUT2D eigenvalue weighted by molar-refractivity contribution is 7.32. The maximum Gasteiger partial charge on any atom is 0.335 e. The third kappa shape index (κ3) is 14.0. The van der Waals surface area contributed by atoms with E-state index < -0.39 is 16.8 Å². The molecule has 121 heavy (non-hydrogen) atoms. The van der Waals surface area contributed by atoms with Gasteiger partial charge in [0, 0.05) is 65.3 Å². The van der Waals surface area contributed by atoms with Crippen molar-refractivity contribution >= 4 is 121 Å². The van der Waals surface area contributed by atoms with E-state index in [2.05, 4.69) is 312 Å². The summed E-state index contributed by atoms with van der Waals surface area (Å²) in [5.74, 6) is 6.78. The van der Waals surface area contributed by atoms with Crippen molar-refractivity contribution < 1.29 is 9.90 Å². The van der Waals surface area contributed by atoms with Gasteiger partial charge in [-0.2, -0.15) is 8.75 Å². The maximum absolute atomic E-state index is 12.0. The topological polar surface area (TPSA) is 66.3 Å². The molecule has 0 spiro atoms. The lowest BCUT2D eigenvalue weighted by Gasteiger charge is -2.42. The number of benzene rings is 14. The first kappa shape index (κ1) is 79.2. The Morgan fingerprint density at radius 3 is 1.21 bits per heavy atom. The number of carboxylic acids is 1. The van der Waals surface area contributed by atoms with Gasteiger partial charge in [-0.25, -0.2) is 4.79 Å². The Morgan fingerprint density at radius 2 is 0.777 bits per heavy atom. The summed E-state index contributed by atoms with van der Waals surface area (Å²) >= 11 is 5.29. The van der Waals surface area contributed by atoms with Crippen molar-refractivity contribution in [3.63, 3.8) is 0 Å². The highest BCUT2D eigenvalue weighted by Crippen LogP contribution is 2.69. The zero-order valence-electron chi connectivity index (χ0n) is 70.5. The first-order valence-electron chi connectivity index (χ1n) is 44.5. The lowest BCUT2D eigenvalue weighted by atomic mass is 9.59. The van der Waals surface area contributed by atoms with Gasteiger partial charge in [-0.1, -0.05) is 352 Å². The number of hydrogen-bond acceptors (Lipinski definition) is 7. The number of aryl methyl sites for hydroxylation is 6. The Labute approximate surface area is 725 Å². The third-order valence-corrected chi connectivity index (χ3v) is 29.5. The van der Waals surface area contributed by atoms with Gasteiger partial charge in [-0.3, -0.25) is 0 Å². The predicted molar refractivity (Wildman–Crippen MR) is 516 cm³/mol. The number of rotatable bonds is 29. The highest BCUT2D eigenvalue weighted by atomic mass is 32.1. The molecule has 3 aromatic heterocycles. The van der Waals surface area contributed by atoms with E-state index in [9.17, 15) is 9.90 Å². The van der Waals surface area contributed by atoms with Gasteiger partial charge < -0.3 is 10.0 Å². The number of carboxylic acid groups (broad SMARTS) is 1. The Bertz CT molecular complexity index is 6640. The van der Waals surface area contributed by atoms with Crippen LogP contribution in [0.5, 0.6) is 0 Å². The zero-order chi connectivity index (χ0) is 82.3. The van der Waals surface area contributed by atoms with E-state index >= 15 is 0 Å². The van der Waals surface area contributed by atoms with Crippen molar-refractivity contribution in [3.8, 4) is 43.8 Å². The van der Waals surface area contributed by atoms with Gasteiger partial charge in [0.2, 0.25) is 0 Å². The molecule has 0 bridgehead atoms. The summed E-state index contributed by atoms with van der Waals surface area (Å²) in [6, 6.07) is 103. The Balaban J connectivity index is 0.955. The second-order valence-electron chi connectivity index (χ2n) is 34.1. The van der Waals surface area contributed by atoms with Crippen molar-refractivity contribution in [1.82, 2.24) is 8.75 Å². The average molecular weight is 1630 g/mol. The Kier molecular flexibility index (Phi) is 22.4. The largest absolute Gasteiger partial charge is 0.478 e. The van der Waals surface area contributed by atoms with E-state index in [1.165, 1.54) is 235 Å². The lowest BCUT2D eigenvalue weighted by Crippen LogP contribution is -2.33. The van der Waals surface area contributed by atoms with Crippen LogP contribution in [-0.2, 0) is 36.5 Å². The zero-order valence-corrected chi connectivity index (χ0v) is 72.9. The molecule has 17 aromatic rings. The van der Waals surface area contributed by atoms with Crippen LogP contribution < -0.4 is 4.90 Å². The van der Waals surface area contributed by atoms with E-state index in [0.717, 1.165) is 107 Å². The molecule has 8 heteroatoms. The van der Waals surface area contributed by atoms with Crippen LogP contribution in [0.25, 0.3) is 95.5 Å². The normalized spacial score (nSPS) is 13.0. The van der Waals surface area contributed by atoms with Gasteiger partial charge in [-0.15, -0.1) is 22.7 Å². The predicted octanol–water partition coefficient (Wildman–Crippen LogP) is 31.6. The highest BCUT2D eigenvalue weighted by Gasteiger charge is 2.53. The number of unbranched alkanes of at least 4 members (excludes halogenated alkanes) is 12. The fourth-order valence-corrected chi connectivity index (χ4v) is 24.1. The molecule has 0 saturated heterocycles. The molecule has 0 amide bonds. The monoisotopic (exact) mass is 1630 g/mol. The van der Waals surface area contributed by atoms with E-state index in [4.69, 9.17) is 8.75 Å². The second-order valence-corrected chi connectivity index (χ2v) is 36.7. The summed E-state index contributed by atoms with van der Waals surface area (Å²) in [7, 11) is 0. The molecule has 0 saturated carbocycles. The molecule has 2 aliphatic carbocycles. The van der Waals surface area contributed by atoms with Crippen LogP contribution in [0, 0.1) is 25.7 Å². The van der Waals surface area contributed by atoms with Gasteiger partial charge in [0.05, 0.1) is 48.8 Å². The first-order valence-corrected chi connectivity index (χ1v) is 46.9. The van der Waals surface area contributed by atoms with E-state index in [1.54, 1.807) is 12.1 Å². The van der Waals surface area contributed by atoms with Crippen molar-refractivity contribution in [2.75, 3.05) is 4.90 Å². The summed E-state index contributed by atoms with van der Waals surface area (Å²) in [5, 5.41) is 19.4. The number of aromatic nitrogens is 2. The van der Waals surface area contributed by atoms with Crippen molar-refractivity contribution in [1.29, 1.82) is 0 Å². The van der Waals surface area contributed by atoms with Crippen LogP contribution in [0.4, 0.5) is 17.1 Å². The molecular weight excluding hydrogens is 1530 g/mol. The lowest BCUT2D eigenvalue weighted by molar-refractivity contribution is 0.0696. The minimum atomic E-state index is -0.959. The molecule has 2 aliphatic rings. The molecule has 5 nitrogen and oxygen atoms in total. The van der Waals surface area contributed by atoms with Crippen LogP contribution in [0.2, 0.25) is 0 Å². The first-order chi connectivity index (χ1) is 59.5. The molecule has 3 heterocycles. The average Bonchev–Trinajstić information content (AvgIpc) is 1.46. The van der Waals surface area contributed by atoms with Crippen LogP contribution in [0.15, 0.2) is 267 Å². The smallest absolute Gasteiger partial charge is 0.335 e. The van der Waals surface area contributed by atoms with E-state index in [1.807, 2.05) is 23.5 Å². The quantitative estimate of drug-likeness (QED) is 0.0287. The van der Waals surface area contributed by atoms with Gasteiger partial charge in [0.25, 0.3) is 0 Å². The molecule has 0 atom stereocenters. The Morgan fingerprint density at radius 1 is 0.380 bits per heavy atom. The number of carbonyl (C=O) groups is 1. The standard InChI is InChI=1S/C113H103N3O2S3/c1-7-11-15-19-29-75-45-59-82(60-46-75)112(83-61-47-76(48-62-83)30-20-16-12-8-2)96-39-27-37-91-90(72-58-80-57-71-88(105-104(80)114-121-115-105)79-53-55-81(56-54-79)111(117)118)89-33-23-24-34-92(89)100(98(91)96)107-102(112)109-110(119-107)103-108(120-109)101-93-35-25-26-36-94(93)106(116(86-67-41-73(5)42-68-86)87-69-43-74(6)44-70-87)95-38-28-40-97(99(95)101)113(103,84-63-49-77(50-64-84)31-21-17-13-9-3)85-65-51-78(52-66-85)32-22-18-14-10-4/h23-28,33-57,59-71H,7-22,29-32H2,1-6H3,(H,117,118). The van der Waals surface area contributed by atoms with Crippen LogP contribution in [-0.4, -0.2) is 19.8 Å². The van der Waals surface area contributed by atoms with E-state index in [-0.39, 0.29) is 5.56 Å². The van der Waals surface area contributed by atoms with Gasteiger partial charge in [-0.05, 0) is 201 Å². The summed E-state index contributed by atoms with van der Waals surface area (Å²) < 4.78 is 12.5. The number of hydrogen-bond donors (Lipinski definition) is 1. The van der Waals surface area contributed by atoms with Crippen molar-refractivity contribution in [2.24, 2.45) is 0 Å². The number of aromatic carboxylic acids is 1. The van der Waals surface area contributed by atoms with Crippen LogP contribution >= 0.6 is 34.4 Å². The maximum atomic E-state index is 12.0. The molecule has 1 N–H and O–H groups in total. The van der Waals surface area contributed by atoms with Crippen molar-refractivity contribution in [3.05, 3.63) is 361 Å². The fraction of sp³-hybridized carbons (Fsp3) is 0.248. The summed E-state index contributed by atoms with van der Waals surface area (Å²) in [5.41, 5.74) is 27.7. The molecule has 0 fully saturated rings.